The minimum atomic E-state index is -4.45. The van der Waals surface area contributed by atoms with Crippen molar-refractivity contribution in [3.8, 4) is 17.2 Å². The van der Waals surface area contributed by atoms with E-state index in [9.17, 15) is 23.1 Å². The number of hydrogen-bond donors (Lipinski definition) is 2. The van der Waals surface area contributed by atoms with Gasteiger partial charge in [0.15, 0.2) is 11.5 Å². The SMILES string of the molecule is COc1cc(C(=O)NC[C@H](O)c2ccc(C(F)(F)F)cc2)cc(OC)c1OC. The molecule has 2 N–H and O–H groups in total. The number of carbonyl (C=O) groups excluding carboxylic acids is 1. The zero-order chi connectivity index (χ0) is 20.9. The molecule has 2 aromatic rings. The smallest absolute Gasteiger partial charge is 0.416 e. The Bertz CT molecular complexity index is 796. The largest absolute Gasteiger partial charge is 0.493 e. The number of alkyl halides is 3. The molecule has 0 aliphatic heterocycles. The molecule has 152 valence electrons. The van der Waals surface area contributed by atoms with E-state index in [0.717, 1.165) is 12.1 Å². The molecule has 0 aliphatic rings. The number of hydrogen-bond acceptors (Lipinski definition) is 5. The molecule has 0 aromatic heterocycles. The standard InChI is InChI=1S/C19H20F3NO5/c1-26-15-8-12(9-16(27-2)17(15)28-3)18(25)23-10-14(24)11-4-6-13(7-5-11)19(20,21)22/h4-9,14,24H,10H2,1-3H3,(H,23,25)/t14-/m0/s1. The minimum Gasteiger partial charge on any atom is -0.493 e. The summed E-state index contributed by atoms with van der Waals surface area (Å²) >= 11 is 0. The predicted molar refractivity (Wildman–Crippen MR) is 94.8 cm³/mol. The van der Waals surface area contributed by atoms with Crippen LogP contribution in [0.3, 0.4) is 0 Å². The number of ether oxygens (including phenoxy) is 3. The maximum Gasteiger partial charge on any atom is 0.416 e. The van der Waals surface area contributed by atoms with Crippen LogP contribution in [0.25, 0.3) is 0 Å². The van der Waals surface area contributed by atoms with Crippen LogP contribution in [0.4, 0.5) is 13.2 Å². The summed E-state index contributed by atoms with van der Waals surface area (Å²) in [6.45, 7) is -0.194. The van der Waals surface area contributed by atoms with Crippen molar-refractivity contribution < 1.29 is 37.3 Å². The summed E-state index contributed by atoms with van der Waals surface area (Å²) in [6, 6.07) is 6.97. The summed E-state index contributed by atoms with van der Waals surface area (Å²) in [7, 11) is 4.25. The van der Waals surface area contributed by atoms with Crippen LogP contribution in [-0.4, -0.2) is 38.9 Å². The normalized spacial score (nSPS) is 12.2. The van der Waals surface area contributed by atoms with E-state index in [1.807, 2.05) is 0 Å². The second-order valence-electron chi connectivity index (χ2n) is 5.76. The number of aliphatic hydroxyl groups is 1. The summed E-state index contributed by atoms with van der Waals surface area (Å²) in [5, 5.41) is 12.6. The lowest BCUT2D eigenvalue weighted by molar-refractivity contribution is -0.137. The van der Waals surface area contributed by atoms with E-state index in [-0.39, 0.29) is 29.2 Å². The first-order valence-electron chi connectivity index (χ1n) is 8.14. The maximum absolute atomic E-state index is 12.6. The molecule has 1 amide bonds. The van der Waals surface area contributed by atoms with Gasteiger partial charge in [0.05, 0.1) is 33.0 Å². The van der Waals surface area contributed by atoms with Gasteiger partial charge in [-0.15, -0.1) is 0 Å². The van der Waals surface area contributed by atoms with Gasteiger partial charge in [-0.1, -0.05) is 12.1 Å². The number of amides is 1. The van der Waals surface area contributed by atoms with Crippen LogP contribution in [0, 0.1) is 0 Å². The van der Waals surface area contributed by atoms with Gasteiger partial charge in [0.25, 0.3) is 5.91 Å². The minimum absolute atomic E-state index is 0.194. The molecule has 0 heterocycles. The summed E-state index contributed by atoms with van der Waals surface area (Å²) in [4.78, 5) is 12.4. The third-order valence-electron chi connectivity index (χ3n) is 4.01. The predicted octanol–water partition coefficient (Wildman–Crippen LogP) is 3.19. The highest BCUT2D eigenvalue weighted by Crippen LogP contribution is 2.38. The molecule has 0 fully saturated rings. The van der Waals surface area contributed by atoms with Crippen molar-refractivity contribution >= 4 is 5.91 Å². The third kappa shape index (κ3) is 4.86. The van der Waals surface area contributed by atoms with E-state index < -0.39 is 23.8 Å². The van der Waals surface area contributed by atoms with Crippen LogP contribution in [-0.2, 0) is 6.18 Å². The van der Waals surface area contributed by atoms with Crippen molar-refractivity contribution in [1.82, 2.24) is 5.32 Å². The van der Waals surface area contributed by atoms with E-state index in [0.29, 0.717) is 5.75 Å². The molecule has 6 nitrogen and oxygen atoms in total. The van der Waals surface area contributed by atoms with Crippen molar-refractivity contribution in [2.45, 2.75) is 12.3 Å². The zero-order valence-corrected chi connectivity index (χ0v) is 15.5. The topological polar surface area (TPSA) is 77.0 Å². The molecule has 28 heavy (non-hydrogen) atoms. The van der Waals surface area contributed by atoms with Gasteiger partial charge in [-0.2, -0.15) is 13.2 Å². The first-order chi connectivity index (χ1) is 13.2. The van der Waals surface area contributed by atoms with E-state index >= 15 is 0 Å². The number of nitrogens with one attached hydrogen (secondary N) is 1. The molecule has 0 saturated heterocycles. The lowest BCUT2D eigenvalue weighted by Crippen LogP contribution is -2.28. The summed E-state index contributed by atoms with van der Waals surface area (Å²) in [5.41, 5.74) is -0.364. The van der Waals surface area contributed by atoms with E-state index in [2.05, 4.69) is 5.32 Å². The Kier molecular flexibility index (Phi) is 6.74. The van der Waals surface area contributed by atoms with Gasteiger partial charge in [-0.25, -0.2) is 0 Å². The average molecular weight is 399 g/mol. The summed E-state index contributed by atoms with van der Waals surface area (Å²) in [6.07, 6.45) is -5.63. The fraction of sp³-hybridized carbons (Fsp3) is 0.316. The Balaban J connectivity index is 2.09. The molecule has 0 aliphatic carbocycles. The number of halogens is 3. The fourth-order valence-corrected chi connectivity index (χ4v) is 2.52. The molecular weight excluding hydrogens is 379 g/mol. The third-order valence-corrected chi connectivity index (χ3v) is 4.01. The molecule has 2 aromatic carbocycles. The molecule has 0 radical (unpaired) electrons. The second kappa shape index (κ2) is 8.83. The van der Waals surface area contributed by atoms with Crippen LogP contribution in [0.15, 0.2) is 36.4 Å². The highest BCUT2D eigenvalue weighted by Gasteiger charge is 2.30. The number of rotatable bonds is 7. The second-order valence-corrected chi connectivity index (χ2v) is 5.76. The van der Waals surface area contributed by atoms with Gasteiger partial charge in [0.2, 0.25) is 5.75 Å². The number of aliphatic hydroxyl groups excluding tert-OH is 1. The zero-order valence-electron chi connectivity index (χ0n) is 15.5. The van der Waals surface area contributed by atoms with Crippen molar-refractivity contribution in [3.63, 3.8) is 0 Å². The van der Waals surface area contributed by atoms with Gasteiger partial charge in [0.1, 0.15) is 0 Å². The number of carbonyl (C=O) groups is 1. The van der Waals surface area contributed by atoms with Gasteiger partial charge in [0, 0.05) is 12.1 Å². The van der Waals surface area contributed by atoms with Crippen molar-refractivity contribution in [2.75, 3.05) is 27.9 Å². The fourth-order valence-electron chi connectivity index (χ4n) is 2.52. The van der Waals surface area contributed by atoms with Crippen LogP contribution < -0.4 is 19.5 Å². The molecule has 9 heteroatoms. The first kappa shape index (κ1) is 21.4. The van der Waals surface area contributed by atoms with Crippen molar-refractivity contribution in [3.05, 3.63) is 53.1 Å². The summed E-state index contributed by atoms with van der Waals surface area (Å²) in [5.74, 6) is 0.377. The molecule has 2 rings (SSSR count). The van der Waals surface area contributed by atoms with E-state index in [1.54, 1.807) is 0 Å². The Labute approximate surface area is 159 Å². The number of methoxy groups -OCH3 is 3. The van der Waals surface area contributed by atoms with E-state index in [1.165, 1.54) is 45.6 Å². The first-order valence-corrected chi connectivity index (χ1v) is 8.14. The summed E-state index contributed by atoms with van der Waals surface area (Å²) < 4.78 is 53.3. The Hall–Kier alpha value is -2.94. The monoisotopic (exact) mass is 399 g/mol. The quantitative estimate of drug-likeness (QED) is 0.748. The number of benzene rings is 2. The highest BCUT2D eigenvalue weighted by molar-refractivity contribution is 5.95. The average Bonchev–Trinajstić information content (AvgIpc) is 2.69. The maximum atomic E-state index is 12.6. The van der Waals surface area contributed by atoms with Gasteiger partial charge in [-0.3, -0.25) is 4.79 Å². The van der Waals surface area contributed by atoms with Crippen molar-refractivity contribution in [2.24, 2.45) is 0 Å². The molecule has 0 bridgehead atoms. The Morgan fingerprint density at radius 1 is 1.04 bits per heavy atom. The molecule has 0 spiro atoms. The van der Waals surface area contributed by atoms with Crippen LogP contribution in [0.1, 0.15) is 27.6 Å². The molecule has 0 saturated carbocycles. The highest BCUT2D eigenvalue weighted by atomic mass is 19.4. The van der Waals surface area contributed by atoms with Crippen LogP contribution in [0.5, 0.6) is 17.2 Å². The van der Waals surface area contributed by atoms with Gasteiger partial charge < -0.3 is 24.6 Å². The molecule has 1 atom stereocenters. The van der Waals surface area contributed by atoms with Gasteiger partial charge >= 0.3 is 6.18 Å². The van der Waals surface area contributed by atoms with Crippen LogP contribution in [0.2, 0.25) is 0 Å². The molecular formula is C19H20F3NO5. The Morgan fingerprint density at radius 3 is 2.00 bits per heavy atom. The van der Waals surface area contributed by atoms with Crippen LogP contribution >= 0.6 is 0 Å². The lowest BCUT2D eigenvalue weighted by atomic mass is 10.1. The van der Waals surface area contributed by atoms with E-state index in [4.69, 9.17) is 14.2 Å². The lowest BCUT2D eigenvalue weighted by Gasteiger charge is -2.16. The van der Waals surface area contributed by atoms with Gasteiger partial charge in [-0.05, 0) is 29.8 Å². The Morgan fingerprint density at radius 2 is 1.57 bits per heavy atom. The van der Waals surface area contributed by atoms with Crippen molar-refractivity contribution in [1.29, 1.82) is 0 Å². The molecule has 0 unspecified atom stereocenters.